The van der Waals surface area contributed by atoms with Crippen molar-refractivity contribution in [2.75, 3.05) is 18.0 Å². The van der Waals surface area contributed by atoms with Gasteiger partial charge in [-0.2, -0.15) is 0 Å². The third-order valence-corrected chi connectivity index (χ3v) is 3.33. The van der Waals surface area contributed by atoms with Crippen molar-refractivity contribution in [1.82, 2.24) is 15.0 Å². The van der Waals surface area contributed by atoms with Crippen LogP contribution in [0.3, 0.4) is 0 Å². The third kappa shape index (κ3) is 2.16. The first-order chi connectivity index (χ1) is 9.25. The fourth-order valence-electron chi connectivity index (χ4n) is 2.35. The van der Waals surface area contributed by atoms with Gasteiger partial charge in [0.15, 0.2) is 5.69 Å². The molecule has 1 aromatic carbocycles. The van der Waals surface area contributed by atoms with E-state index in [1.807, 2.05) is 24.3 Å². The van der Waals surface area contributed by atoms with E-state index in [9.17, 15) is 4.79 Å². The molecule has 0 aliphatic carbocycles. The monoisotopic (exact) mass is 258 g/mol. The van der Waals surface area contributed by atoms with Gasteiger partial charge in [0.05, 0.1) is 11.9 Å². The highest BCUT2D eigenvalue weighted by Crippen LogP contribution is 2.21. The van der Waals surface area contributed by atoms with Gasteiger partial charge in [-0.15, -0.1) is 5.10 Å². The second kappa shape index (κ2) is 4.72. The molecule has 0 radical (unpaired) electrons. The Morgan fingerprint density at radius 2 is 1.74 bits per heavy atom. The Kier molecular flexibility index (Phi) is 2.91. The van der Waals surface area contributed by atoms with Crippen molar-refractivity contribution in [2.24, 2.45) is 0 Å². The lowest BCUT2D eigenvalue weighted by Gasteiger charge is -2.17. The van der Waals surface area contributed by atoms with E-state index < -0.39 is 5.97 Å². The summed E-state index contributed by atoms with van der Waals surface area (Å²) in [7, 11) is 0. The first-order valence-electron chi connectivity index (χ1n) is 6.25. The number of nitrogens with zero attached hydrogens (tertiary/aromatic N) is 4. The Balaban J connectivity index is 1.89. The van der Waals surface area contributed by atoms with Gasteiger partial charge in [0.25, 0.3) is 0 Å². The first-order valence-corrected chi connectivity index (χ1v) is 6.25. The summed E-state index contributed by atoms with van der Waals surface area (Å²) in [6.45, 7) is 2.17. The molecule has 2 heterocycles. The highest BCUT2D eigenvalue weighted by atomic mass is 16.4. The number of rotatable bonds is 3. The zero-order chi connectivity index (χ0) is 13.2. The molecule has 0 saturated carbocycles. The molecule has 98 valence electrons. The van der Waals surface area contributed by atoms with Gasteiger partial charge in [-0.25, -0.2) is 9.48 Å². The number of hydrogen-bond donors (Lipinski definition) is 1. The van der Waals surface area contributed by atoms with Crippen molar-refractivity contribution in [3.05, 3.63) is 36.2 Å². The Hall–Kier alpha value is -2.37. The van der Waals surface area contributed by atoms with Crippen molar-refractivity contribution >= 4 is 11.7 Å². The molecule has 0 bridgehead atoms. The second-order valence-corrected chi connectivity index (χ2v) is 4.55. The van der Waals surface area contributed by atoms with E-state index in [-0.39, 0.29) is 5.69 Å². The predicted molar refractivity (Wildman–Crippen MR) is 69.8 cm³/mol. The van der Waals surface area contributed by atoms with E-state index in [1.54, 1.807) is 0 Å². The van der Waals surface area contributed by atoms with Crippen LogP contribution in [0.1, 0.15) is 23.3 Å². The highest BCUT2D eigenvalue weighted by Gasteiger charge is 2.15. The van der Waals surface area contributed by atoms with Gasteiger partial charge in [0.1, 0.15) is 0 Å². The Labute approximate surface area is 110 Å². The van der Waals surface area contributed by atoms with Crippen LogP contribution in [0.25, 0.3) is 5.69 Å². The summed E-state index contributed by atoms with van der Waals surface area (Å²) in [6, 6.07) is 7.73. The lowest BCUT2D eigenvalue weighted by atomic mass is 10.2. The lowest BCUT2D eigenvalue weighted by molar-refractivity contribution is 0.0687. The molecule has 2 aromatic rings. The highest BCUT2D eigenvalue weighted by molar-refractivity contribution is 5.85. The Morgan fingerprint density at radius 3 is 2.37 bits per heavy atom. The summed E-state index contributed by atoms with van der Waals surface area (Å²) in [5.41, 5.74) is 1.94. The SMILES string of the molecule is O=C(O)c1cnnn1-c1ccc(N2CCCC2)cc1. The van der Waals surface area contributed by atoms with E-state index in [2.05, 4.69) is 15.2 Å². The number of hydrogen-bond acceptors (Lipinski definition) is 4. The molecule has 6 heteroatoms. The largest absolute Gasteiger partial charge is 0.476 e. The van der Waals surface area contributed by atoms with Crippen LogP contribution in [-0.2, 0) is 0 Å². The topological polar surface area (TPSA) is 71.2 Å². The van der Waals surface area contributed by atoms with Crippen molar-refractivity contribution in [2.45, 2.75) is 12.8 Å². The number of carboxylic acids is 1. The van der Waals surface area contributed by atoms with E-state index >= 15 is 0 Å². The summed E-state index contributed by atoms with van der Waals surface area (Å²) in [5.74, 6) is -1.03. The molecule has 1 aliphatic rings. The van der Waals surface area contributed by atoms with Crippen LogP contribution in [0.2, 0.25) is 0 Å². The summed E-state index contributed by atoms with van der Waals surface area (Å²) >= 11 is 0. The number of aromatic carboxylic acids is 1. The number of carbonyl (C=O) groups is 1. The fourth-order valence-corrected chi connectivity index (χ4v) is 2.35. The number of benzene rings is 1. The smallest absolute Gasteiger partial charge is 0.356 e. The molecule has 1 N–H and O–H groups in total. The number of aromatic nitrogens is 3. The quantitative estimate of drug-likeness (QED) is 0.904. The molecule has 0 spiro atoms. The average molecular weight is 258 g/mol. The van der Waals surface area contributed by atoms with Gasteiger partial charge in [-0.3, -0.25) is 0 Å². The van der Waals surface area contributed by atoms with Crippen LogP contribution in [-0.4, -0.2) is 39.2 Å². The molecule has 1 fully saturated rings. The molecule has 19 heavy (non-hydrogen) atoms. The average Bonchev–Trinajstić information content (AvgIpc) is 3.10. The normalized spacial score (nSPS) is 14.8. The van der Waals surface area contributed by atoms with Crippen LogP contribution in [0, 0.1) is 0 Å². The summed E-state index contributed by atoms with van der Waals surface area (Å²) in [6.07, 6.45) is 3.71. The maximum Gasteiger partial charge on any atom is 0.356 e. The summed E-state index contributed by atoms with van der Waals surface area (Å²) < 4.78 is 1.33. The fraction of sp³-hybridized carbons (Fsp3) is 0.308. The molecule has 1 aliphatic heterocycles. The number of carboxylic acid groups (broad SMARTS) is 1. The van der Waals surface area contributed by atoms with Gasteiger partial charge in [0.2, 0.25) is 0 Å². The van der Waals surface area contributed by atoms with E-state index in [0.717, 1.165) is 13.1 Å². The van der Waals surface area contributed by atoms with E-state index in [1.165, 1.54) is 29.4 Å². The zero-order valence-corrected chi connectivity index (χ0v) is 10.4. The molecular formula is C13H14N4O2. The number of anilines is 1. The molecular weight excluding hydrogens is 244 g/mol. The summed E-state index contributed by atoms with van der Waals surface area (Å²) in [5, 5.41) is 16.5. The van der Waals surface area contributed by atoms with Crippen molar-refractivity contribution < 1.29 is 9.90 Å². The van der Waals surface area contributed by atoms with Crippen LogP contribution >= 0.6 is 0 Å². The standard InChI is InChI=1S/C13H14N4O2/c18-13(19)12-9-14-15-17(12)11-5-3-10(4-6-11)16-7-1-2-8-16/h3-6,9H,1-2,7-8H2,(H,18,19). The van der Waals surface area contributed by atoms with Crippen molar-refractivity contribution in [3.8, 4) is 5.69 Å². The predicted octanol–water partition coefficient (Wildman–Crippen LogP) is 1.57. The van der Waals surface area contributed by atoms with E-state index in [0.29, 0.717) is 5.69 Å². The Bertz CT molecular complexity index is 585. The Morgan fingerprint density at radius 1 is 1.11 bits per heavy atom. The van der Waals surface area contributed by atoms with Gasteiger partial charge < -0.3 is 10.0 Å². The lowest BCUT2D eigenvalue weighted by Crippen LogP contribution is -2.17. The molecule has 0 unspecified atom stereocenters. The minimum absolute atomic E-state index is 0.0638. The summed E-state index contributed by atoms with van der Waals surface area (Å²) in [4.78, 5) is 13.3. The van der Waals surface area contributed by atoms with Gasteiger partial charge in [0, 0.05) is 18.8 Å². The van der Waals surface area contributed by atoms with Crippen LogP contribution in [0.15, 0.2) is 30.5 Å². The van der Waals surface area contributed by atoms with E-state index in [4.69, 9.17) is 5.11 Å². The van der Waals surface area contributed by atoms with Crippen LogP contribution < -0.4 is 4.90 Å². The van der Waals surface area contributed by atoms with Crippen molar-refractivity contribution in [1.29, 1.82) is 0 Å². The molecule has 1 saturated heterocycles. The van der Waals surface area contributed by atoms with Crippen LogP contribution in [0.4, 0.5) is 5.69 Å². The molecule has 1 aromatic heterocycles. The second-order valence-electron chi connectivity index (χ2n) is 4.55. The minimum Gasteiger partial charge on any atom is -0.476 e. The zero-order valence-electron chi connectivity index (χ0n) is 10.4. The van der Waals surface area contributed by atoms with Crippen LogP contribution in [0.5, 0.6) is 0 Å². The van der Waals surface area contributed by atoms with Crippen molar-refractivity contribution in [3.63, 3.8) is 0 Å². The molecule has 0 amide bonds. The maximum absolute atomic E-state index is 11.0. The molecule has 6 nitrogen and oxygen atoms in total. The third-order valence-electron chi connectivity index (χ3n) is 3.33. The first kappa shape index (κ1) is 11.7. The molecule has 3 rings (SSSR count). The molecule has 0 atom stereocenters. The van der Waals surface area contributed by atoms with Gasteiger partial charge in [-0.1, -0.05) is 5.21 Å². The van der Waals surface area contributed by atoms with Gasteiger partial charge in [-0.05, 0) is 37.1 Å². The minimum atomic E-state index is -1.03. The van der Waals surface area contributed by atoms with Gasteiger partial charge >= 0.3 is 5.97 Å². The maximum atomic E-state index is 11.0.